The minimum absolute atomic E-state index is 0.0177. The summed E-state index contributed by atoms with van der Waals surface area (Å²) in [6.07, 6.45) is 0. The molecule has 0 aliphatic rings. The first-order valence-electron chi connectivity index (χ1n) is 5.17. The molecule has 2 rings (SSSR count). The van der Waals surface area contributed by atoms with E-state index in [1.54, 1.807) is 6.92 Å². The van der Waals surface area contributed by atoms with Gasteiger partial charge in [-0.05, 0) is 19.1 Å². The van der Waals surface area contributed by atoms with Gasteiger partial charge in [0.05, 0.1) is 5.69 Å². The van der Waals surface area contributed by atoms with Crippen LogP contribution < -0.4 is 11.1 Å². The molecule has 1 aromatic carbocycles. The van der Waals surface area contributed by atoms with Crippen LogP contribution in [0.4, 0.5) is 24.7 Å². The van der Waals surface area contributed by atoms with Gasteiger partial charge < -0.3 is 11.1 Å². The molecule has 1 heterocycles. The number of H-pyrrole nitrogens is 1. The van der Waals surface area contributed by atoms with Gasteiger partial charge in [0.1, 0.15) is 5.56 Å². The van der Waals surface area contributed by atoms with E-state index in [1.165, 1.54) is 0 Å². The number of benzene rings is 1. The van der Waals surface area contributed by atoms with Gasteiger partial charge in [-0.1, -0.05) is 0 Å². The maximum Gasteiger partial charge on any atom is 0.261 e. The second-order valence-electron chi connectivity index (χ2n) is 3.79. The number of rotatable bonds is 2. The average molecular weight is 270 g/mol. The van der Waals surface area contributed by atoms with Crippen LogP contribution in [0.2, 0.25) is 0 Å². The summed E-state index contributed by atoms with van der Waals surface area (Å²) >= 11 is 0. The lowest BCUT2D eigenvalue weighted by Crippen LogP contribution is -2.16. The van der Waals surface area contributed by atoms with Crippen molar-refractivity contribution in [3.8, 4) is 0 Å². The van der Waals surface area contributed by atoms with Crippen molar-refractivity contribution in [1.29, 1.82) is 0 Å². The Labute approximate surface area is 105 Å². The molecule has 0 aliphatic heterocycles. The van der Waals surface area contributed by atoms with Gasteiger partial charge in [-0.2, -0.15) is 5.10 Å². The van der Waals surface area contributed by atoms with E-state index >= 15 is 0 Å². The number of aromatic nitrogens is 2. The zero-order valence-corrected chi connectivity index (χ0v) is 9.72. The zero-order valence-electron chi connectivity index (χ0n) is 9.72. The largest absolute Gasteiger partial charge is 0.382 e. The average Bonchev–Trinajstić information content (AvgIpc) is 2.70. The van der Waals surface area contributed by atoms with Gasteiger partial charge >= 0.3 is 0 Å². The highest BCUT2D eigenvalue weighted by Gasteiger charge is 2.20. The number of nitrogens with two attached hydrogens (primary N) is 1. The van der Waals surface area contributed by atoms with E-state index in [0.29, 0.717) is 11.8 Å². The second kappa shape index (κ2) is 4.63. The predicted octanol–water partition coefficient (Wildman–Crippen LogP) is 1.97. The number of hydrogen-bond acceptors (Lipinski definition) is 3. The number of nitrogens with one attached hydrogen (secondary N) is 2. The van der Waals surface area contributed by atoms with Crippen LogP contribution in [0.5, 0.6) is 0 Å². The molecule has 0 saturated carbocycles. The fraction of sp³-hybridized carbons (Fsp3) is 0.0909. The third kappa shape index (κ3) is 2.24. The topological polar surface area (TPSA) is 83.8 Å². The van der Waals surface area contributed by atoms with Crippen LogP contribution in [0.25, 0.3) is 0 Å². The highest BCUT2D eigenvalue weighted by atomic mass is 19.2. The van der Waals surface area contributed by atoms with Gasteiger partial charge in [0.2, 0.25) is 0 Å². The van der Waals surface area contributed by atoms with Gasteiger partial charge in [-0.3, -0.25) is 9.89 Å². The number of carbonyl (C=O) groups is 1. The van der Waals surface area contributed by atoms with Gasteiger partial charge in [-0.15, -0.1) is 0 Å². The quantitative estimate of drug-likeness (QED) is 0.729. The molecule has 4 N–H and O–H groups in total. The molecule has 1 amide bonds. The summed E-state index contributed by atoms with van der Waals surface area (Å²) in [5.74, 6) is -5.32. The van der Waals surface area contributed by atoms with E-state index in [2.05, 4.69) is 15.5 Å². The summed E-state index contributed by atoms with van der Waals surface area (Å²) < 4.78 is 39.1. The van der Waals surface area contributed by atoms with E-state index < -0.39 is 29.0 Å². The third-order valence-corrected chi connectivity index (χ3v) is 2.49. The second-order valence-corrected chi connectivity index (χ2v) is 3.79. The Morgan fingerprint density at radius 3 is 2.58 bits per heavy atom. The molecule has 19 heavy (non-hydrogen) atoms. The summed E-state index contributed by atoms with van der Waals surface area (Å²) in [4.78, 5) is 11.8. The van der Waals surface area contributed by atoms with E-state index in [-0.39, 0.29) is 11.4 Å². The number of anilines is 2. The van der Waals surface area contributed by atoms with Crippen LogP contribution in [0.1, 0.15) is 16.1 Å². The first-order chi connectivity index (χ1) is 8.91. The SMILES string of the molecule is Cc1[nH]nc(N)c1C(=O)Nc1ccc(F)c(F)c1F. The number of halogens is 3. The first kappa shape index (κ1) is 12.9. The normalized spacial score (nSPS) is 10.5. The number of nitrogen functional groups attached to an aromatic ring is 1. The molecular formula is C11H9F3N4O. The molecule has 8 heteroatoms. The van der Waals surface area contributed by atoms with Gasteiger partial charge in [0.25, 0.3) is 5.91 Å². The number of aryl methyl sites for hydroxylation is 1. The molecule has 0 bridgehead atoms. The predicted molar refractivity (Wildman–Crippen MR) is 62.0 cm³/mol. The summed E-state index contributed by atoms with van der Waals surface area (Å²) in [6.45, 7) is 1.54. The van der Waals surface area contributed by atoms with Gasteiger partial charge in [-0.25, -0.2) is 13.2 Å². The molecule has 100 valence electrons. The first-order valence-corrected chi connectivity index (χ1v) is 5.17. The molecular weight excluding hydrogens is 261 g/mol. The van der Waals surface area contributed by atoms with Crippen LogP contribution in [-0.4, -0.2) is 16.1 Å². The molecule has 5 nitrogen and oxygen atoms in total. The molecule has 2 aromatic rings. The molecule has 0 saturated heterocycles. The van der Waals surface area contributed by atoms with E-state index in [0.717, 1.165) is 6.07 Å². The molecule has 1 aromatic heterocycles. The van der Waals surface area contributed by atoms with Crippen LogP contribution in [0, 0.1) is 24.4 Å². The monoisotopic (exact) mass is 270 g/mol. The van der Waals surface area contributed by atoms with Crippen LogP contribution in [0.3, 0.4) is 0 Å². The summed E-state index contributed by atoms with van der Waals surface area (Å²) in [5.41, 5.74) is 5.37. The minimum atomic E-state index is -1.66. The van der Waals surface area contributed by atoms with Crippen molar-refractivity contribution in [1.82, 2.24) is 10.2 Å². The van der Waals surface area contributed by atoms with Crippen molar-refractivity contribution in [3.63, 3.8) is 0 Å². The Balaban J connectivity index is 2.32. The highest BCUT2D eigenvalue weighted by Crippen LogP contribution is 2.21. The van der Waals surface area contributed by atoms with Crippen molar-refractivity contribution in [3.05, 3.63) is 40.8 Å². The Hall–Kier alpha value is -2.51. The molecule has 0 radical (unpaired) electrons. The molecule has 0 aliphatic carbocycles. The maximum absolute atomic E-state index is 13.4. The fourth-order valence-electron chi connectivity index (χ4n) is 1.54. The highest BCUT2D eigenvalue weighted by molar-refractivity contribution is 6.08. The van der Waals surface area contributed by atoms with Crippen LogP contribution in [-0.2, 0) is 0 Å². The standard InChI is InChI=1S/C11H9F3N4O/c1-4-7(10(15)18-17-4)11(19)16-6-3-2-5(12)8(13)9(6)14/h2-3H,1H3,(H,16,19)(H3,15,17,18). The van der Waals surface area contributed by atoms with E-state index in [4.69, 9.17) is 5.73 Å². The zero-order chi connectivity index (χ0) is 14.2. The minimum Gasteiger partial charge on any atom is -0.382 e. The molecule has 0 spiro atoms. The number of amides is 1. The number of nitrogens with zero attached hydrogens (tertiary/aromatic N) is 1. The lowest BCUT2D eigenvalue weighted by atomic mass is 10.2. The lowest BCUT2D eigenvalue weighted by Gasteiger charge is -2.07. The molecule has 0 fully saturated rings. The Morgan fingerprint density at radius 1 is 1.32 bits per heavy atom. The number of carbonyl (C=O) groups excluding carboxylic acids is 1. The smallest absolute Gasteiger partial charge is 0.261 e. The van der Waals surface area contributed by atoms with Gasteiger partial charge in [0.15, 0.2) is 23.3 Å². The Bertz CT molecular complexity index is 634. The molecule has 0 atom stereocenters. The summed E-state index contributed by atoms with van der Waals surface area (Å²) in [6, 6.07) is 1.62. The maximum atomic E-state index is 13.4. The fourth-order valence-corrected chi connectivity index (χ4v) is 1.54. The van der Waals surface area contributed by atoms with Crippen molar-refractivity contribution in [2.24, 2.45) is 0 Å². The van der Waals surface area contributed by atoms with Crippen LogP contribution >= 0.6 is 0 Å². The van der Waals surface area contributed by atoms with E-state index in [1.807, 2.05) is 0 Å². The van der Waals surface area contributed by atoms with Crippen molar-refractivity contribution < 1.29 is 18.0 Å². The van der Waals surface area contributed by atoms with Crippen molar-refractivity contribution in [2.75, 3.05) is 11.1 Å². The third-order valence-electron chi connectivity index (χ3n) is 2.49. The summed E-state index contributed by atoms with van der Waals surface area (Å²) in [5, 5.41) is 8.17. The van der Waals surface area contributed by atoms with Crippen molar-refractivity contribution in [2.45, 2.75) is 6.92 Å². The number of hydrogen-bond donors (Lipinski definition) is 3. The van der Waals surface area contributed by atoms with E-state index in [9.17, 15) is 18.0 Å². The Kier molecular flexibility index (Phi) is 3.16. The lowest BCUT2D eigenvalue weighted by molar-refractivity contribution is 0.102. The Morgan fingerprint density at radius 2 is 2.00 bits per heavy atom. The number of aromatic amines is 1. The summed E-state index contributed by atoms with van der Waals surface area (Å²) in [7, 11) is 0. The van der Waals surface area contributed by atoms with Gasteiger partial charge in [0, 0.05) is 5.69 Å². The molecule has 0 unspecified atom stereocenters. The van der Waals surface area contributed by atoms with Crippen LogP contribution in [0.15, 0.2) is 12.1 Å². The van der Waals surface area contributed by atoms with Crippen molar-refractivity contribution >= 4 is 17.4 Å².